The fourth-order valence-electron chi connectivity index (χ4n) is 2.59. The number of amides is 1. The number of anilines is 1. The quantitative estimate of drug-likeness (QED) is 0.667. The molecule has 142 valence electrons. The Balaban J connectivity index is 1.95. The van der Waals surface area contributed by atoms with Gasteiger partial charge in [0.1, 0.15) is 0 Å². The van der Waals surface area contributed by atoms with Gasteiger partial charge in [-0.15, -0.1) is 11.8 Å². The number of methoxy groups -OCH3 is 2. The summed E-state index contributed by atoms with van der Waals surface area (Å²) >= 11 is 1.40. The van der Waals surface area contributed by atoms with Crippen molar-refractivity contribution in [3.05, 3.63) is 48.0 Å². The molecule has 0 atom stereocenters. The van der Waals surface area contributed by atoms with Crippen molar-refractivity contribution in [2.75, 3.05) is 38.9 Å². The van der Waals surface area contributed by atoms with Crippen LogP contribution in [0, 0.1) is 11.3 Å². The third-order valence-corrected chi connectivity index (χ3v) is 4.71. The first-order chi connectivity index (χ1) is 13.1. The molecule has 27 heavy (non-hydrogen) atoms. The lowest BCUT2D eigenvalue weighted by molar-refractivity contribution is -0.117. The van der Waals surface area contributed by atoms with Gasteiger partial charge in [-0.25, -0.2) is 0 Å². The number of nitrogens with one attached hydrogen (secondary N) is 1. The molecule has 0 heterocycles. The van der Waals surface area contributed by atoms with E-state index in [1.165, 1.54) is 11.8 Å². The second-order valence-corrected chi connectivity index (χ2v) is 6.87. The summed E-state index contributed by atoms with van der Waals surface area (Å²) in [6.45, 7) is 0.837. The SMILES string of the molecule is COc1ccc(CN(C)CC(=O)Nc2ccccc2SCC#N)cc1OC. The summed E-state index contributed by atoms with van der Waals surface area (Å²) < 4.78 is 10.6. The second-order valence-electron chi connectivity index (χ2n) is 5.85. The lowest BCUT2D eigenvalue weighted by Gasteiger charge is -2.18. The lowest BCUT2D eigenvalue weighted by Crippen LogP contribution is -2.30. The van der Waals surface area contributed by atoms with Crippen molar-refractivity contribution < 1.29 is 14.3 Å². The van der Waals surface area contributed by atoms with Gasteiger partial charge in [0.2, 0.25) is 5.91 Å². The highest BCUT2D eigenvalue weighted by Gasteiger charge is 2.11. The molecule has 2 rings (SSSR count). The van der Waals surface area contributed by atoms with E-state index in [2.05, 4.69) is 11.4 Å². The average molecular weight is 385 g/mol. The summed E-state index contributed by atoms with van der Waals surface area (Å²) in [4.78, 5) is 15.2. The topological polar surface area (TPSA) is 74.6 Å². The van der Waals surface area contributed by atoms with Crippen molar-refractivity contribution >= 4 is 23.4 Å². The highest BCUT2D eigenvalue weighted by Crippen LogP contribution is 2.28. The van der Waals surface area contributed by atoms with Gasteiger partial charge in [-0.1, -0.05) is 18.2 Å². The Bertz CT molecular complexity index is 820. The summed E-state index contributed by atoms with van der Waals surface area (Å²) in [6, 6.07) is 15.3. The van der Waals surface area contributed by atoms with E-state index in [0.717, 1.165) is 16.1 Å². The maximum atomic E-state index is 12.4. The Labute approximate surface area is 164 Å². The molecule has 7 heteroatoms. The molecule has 0 spiro atoms. The van der Waals surface area contributed by atoms with Crippen LogP contribution in [-0.4, -0.2) is 44.4 Å². The van der Waals surface area contributed by atoms with Crippen LogP contribution in [0.1, 0.15) is 5.56 Å². The summed E-state index contributed by atoms with van der Waals surface area (Å²) in [6.07, 6.45) is 0. The number of carbonyl (C=O) groups excluding carboxylic acids is 1. The Morgan fingerprint density at radius 2 is 1.93 bits per heavy atom. The van der Waals surface area contributed by atoms with Gasteiger partial charge >= 0.3 is 0 Å². The van der Waals surface area contributed by atoms with E-state index in [9.17, 15) is 4.79 Å². The van der Waals surface area contributed by atoms with Crippen molar-refractivity contribution in [3.8, 4) is 17.6 Å². The predicted octanol–water partition coefficient (Wildman–Crippen LogP) is 3.39. The number of likely N-dealkylation sites (N-methyl/N-ethyl adjacent to an activating group) is 1. The molecule has 0 fully saturated rings. The van der Waals surface area contributed by atoms with Crippen molar-refractivity contribution in [1.82, 2.24) is 4.90 Å². The fourth-order valence-corrected chi connectivity index (χ4v) is 3.26. The van der Waals surface area contributed by atoms with Gasteiger partial charge in [0.05, 0.1) is 38.3 Å². The summed E-state index contributed by atoms with van der Waals surface area (Å²) in [5.74, 6) is 1.57. The molecular formula is C20H23N3O3S. The minimum absolute atomic E-state index is 0.108. The highest BCUT2D eigenvalue weighted by molar-refractivity contribution is 7.99. The van der Waals surface area contributed by atoms with Gasteiger partial charge in [0.15, 0.2) is 11.5 Å². The lowest BCUT2D eigenvalue weighted by atomic mass is 10.2. The van der Waals surface area contributed by atoms with Gasteiger partial charge in [0, 0.05) is 11.4 Å². The van der Waals surface area contributed by atoms with E-state index in [-0.39, 0.29) is 12.5 Å². The van der Waals surface area contributed by atoms with Crippen LogP contribution in [0.15, 0.2) is 47.4 Å². The second kappa shape index (κ2) is 10.5. The Morgan fingerprint density at radius 1 is 1.19 bits per heavy atom. The maximum Gasteiger partial charge on any atom is 0.238 e. The van der Waals surface area contributed by atoms with Crippen LogP contribution in [0.25, 0.3) is 0 Å². The van der Waals surface area contributed by atoms with E-state index < -0.39 is 0 Å². The molecular weight excluding hydrogens is 362 g/mol. The standard InChI is InChI=1S/C20H23N3O3S/c1-23(13-15-8-9-17(25-2)18(12-15)26-3)14-20(24)22-16-6-4-5-7-19(16)27-11-10-21/h4-9,12H,11,13-14H2,1-3H3,(H,22,24). The normalized spacial score (nSPS) is 10.3. The molecule has 6 nitrogen and oxygen atoms in total. The number of hydrogen-bond donors (Lipinski definition) is 1. The molecule has 0 bridgehead atoms. The van der Waals surface area contributed by atoms with Crippen LogP contribution in [0.3, 0.4) is 0 Å². The average Bonchev–Trinajstić information content (AvgIpc) is 2.67. The Hall–Kier alpha value is -2.69. The van der Waals surface area contributed by atoms with E-state index in [0.29, 0.717) is 23.8 Å². The molecule has 2 aromatic rings. The minimum atomic E-state index is -0.108. The highest BCUT2D eigenvalue weighted by atomic mass is 32.2. The Morgan fingerprint density at radius 3 is 2.63 bits per heavy atom. The van der Waals surface area contributed by atoms with Crippen molar-refractivity contribution in [2.45, 2.75) is 11.4 Å². The third-order valence-electron chi connectivity index (χ3n) is 3.77. The number of carbonyl (C=O) groups is 1. The monoisotopic (exact) mass is 385 g/mol. The number of hydrogen-bond acceptors (Lipinski definition) is 6. The van der Waals surface area contributed by atoms with E-state index in [1.54, 1.807) is 14.2 Å². The van der Waals surface area contributed by atoms with Crippen LogP contribution in [0.5, 0.6) is 11.5 Å². The largest absolute Gasteiger partial charge is 0.493 e. The number of rotatable bonds is 9. The van der Waals surface area contributed by atoms with Crippen molar-refractivity contribution in [3.63, 3.8) is 0 Å². The first-order valence-electron chi connectivity index (χ1n) is 8.35. The zero-order chi connectivity index (χ0) is 19.6. The molecule has 1 amide bonds. The number of benzene rings is 2. The Kier molecular flexibility index (Phi) is 7.99. The maximum absolute atomic E-state index is 12.4. The van der Waals surface area contributed by atoms with E-state index in [1.807, 2.05) is 54.4 Å². The van der Waals surface area contributed by atoms with Crippen molar-refractivity contribution in [2.24, 2.45) is 0 Å². The molecule has 0 aliphatic carbocycles. The molecule has 2 aromatic carbocycles. The van der Waals surface area contributed by atoms with Gasteiger partial charge < -0.3 is 14.8 Å². The zero-order valence-corrected chi connectivity index (χ0v) is 16.5. The van der Waals surface area contributed by atoms with Crippen LogP contribution < -0.4 is 14.8 Å². The van der Waals surface area contributed by atoms with Gasteiger partial charge in [-0.2, -0.15) is 5.26 Å². The molecule has 0 unspecified atom stereocenters. The molecule has 0 saturated heterocycles. The van der Waals surface area contributed by atoms with Crippen LogP contribution in [-0.2, 0) is 11.3 Å². The molecule has 0 aliphatic rings. The van der Waals surface area contributed by atoms with Crippen molar-refractivity contribution in [1.29, 1.82) is 5.26 Å². The number of thioether (sulfide) groups is 1. The van der Waals surface area contributed by atoms with Gasteiger partial charge in [-0.05, 0) is 36.9 Å². The first kappa shape index (κ1) is 20.6. The summed E-state index contributed by atoms with van der Waals surface area (Å²) in [5, 5.41) is 11.7. The molecule has 0 aliphatic heterocycles. The van der Waals surface area contributed by atoms with Gasteiger partial charge in [0.25, 0.3) is 0 Å². The number of nitriles is 1. The third kappa shape index (κ3) is 6.20. The first-order valence-corrected chi connectivity index (χ1v) is 9.34. The smallest absolute Gasteiger partial charge is 0.238 e. The number of ether oxygens (including phenoxy) is 2. The fraction of sp³-hybridized carbons (Fsp3) is 0.300. The van der Waals surface area contributed by atoms with Crippen LogP contribution >= 0.6 is 11.8 Å². The van der Waals surface area contributed by atoms with Gasteiger partial charge in [-0.3, -0.25) is 9.69 Å². The molecule has 0 saturated carbocycles. The molecule has 1 N–H and O–H groups in total. The summed E-state index contributed by atoms with van der Waals surface area (Å²) in [7, 11) is 5.08. The predicted molar refractivity (Wildman–Crippen MR) is 107 cm³/mol. The van der Waals surface area contributed by atoms with Crippen LogP contribution in [0.2, 0.25) is 0 Å². The van der Waals surface area contributed by atoms with E-state index >= 15 is 0 Å². The minimum Gasteiger partial charge on any atom is -0.493 e. The number of nitrogens with zero attached hydrogens (tertiary/aromatic N) is 2. The summed E-state index contributed by atoms with van der Waals surface area (Å²) in [5.41, 5.74) is 1.75. The molecule has 0 radical (unpaired) electrons. The van der Waals surface area contributed by atoms with E-state index in [4.69, 9.17) is 14.7 Å². The number of para-hydroxylation sites is 1. The molecule has 0 aromatic heterocycles. The zero-order valence-electron chi connectivity index (χ0n) is 15.7. The van der Waals surface area contributed by atoms with Crippen LogP contribution in [0.4, 0.5) is 5.69 Å².